The van der Waals surface area contributed by atoms with E-state index < -0.39 is 0 Å². The topological polar surface area (TPSA) is 64.6 Å². The Kier molecular flexibility index (Phi) is 3.74. The zero-order chi connectivity index (χ0) is 14.0. The quantitative estimate of drug-likeness (QED) is 0.835. The van der Waals surface area contributed by atoms with E-state index in [-0.39, 0.29) is 30.1 Å². The van der Waals surface area contributed by atoms with Crippen molar-refractivity contribution in [2.75, 3.05) is 14.2 Å². The maximum atomic E-state index is 11.7. The molecule has 1 aromatic carbocycles. The second kappa shape index (κ2) is 5.30. The molecule has 0 saturated carbocycles. The van der Waals surface area contributed by atoms with E-state index >= 15 is 0 Å². The molecule has 1 aliphatic heterocycles. The summed E-state index contributed by atoms with van der Waals surface area (Å²) in [6.45, 7) is 1.92. The van der Waals surface area contributed by atoms with Gasteiger partial charge in [0.05, 0.1) is 20.1 Å². The van der Waals surface area contributed by atoms with Crippen LogP contribution in [0.4, 0.5) is 0 Å². The molecular formula is C14H17NO4. The fraction of sp³-hybridized carbons (Fsp3) is 0.429. The van der Waals surface area contributed by atoms with E-state index in [1.807, 2.05) is 13.0 Å². The second-order valence-electron chi connectivity index (χ2n) is 4.62. The van der Waals surface area contributed by atoms with Crippen LogP contribution in [-0.2, 0) is 9.59 Å². The lowest BCUT2D eigenvalue weighted by molar-refractivity contribution is -0.126. The lowest BCUT2D eigenvalue weighted by Gasteiger charge is -2.20. The molecule has 0 radical (unpaired) electrons. The molecule has 0 aliphatic carbocycles. The lowest BCUT2D eigenvalue weighted by Crippen LogP contribution is -2.24. The molecule has 2 rings (SSSR count). The number of hydrogen-bond donors (Lipinski definition) is 1. The smallest absolute Gasteiger partial charge is 0.230 e. The van der Waals surface area contributed by atoms with Gasteiger partial charge in [-0.15, -0.1) is 0 Å². The van der Waals surface area contributed by atoms with E-state index in [0.29, 0.717) is 11.5 Å². The third kappa shape index (κ3) is 2.54. The van der Waals surface area contributed by atoms with Crippen LogP contribution < -0.4 is 14.8 Å². The highest BCUT2D eigenvalue weighted by atomic mass is 16.5. The zero-order valence-electron chi connectivity index (χ0n) is 11.2. The van der Waals surface area contributed by atoms with Gasteiger partial charge in [-0.25, -0.2) is 0 Å². The molecule has 1 heterocycles. The summed E-state index contributed by atoms with van der Waals surface area (Å²) in [6, 6.07) is 5.45. The second-order valence-corrected chi connectivity index (χ2v) is 4.62. The molecule has 0 bridgehead atoms. The first-order chi connectivity index (χ1) is 9.06. The standard InChI is InChI=1S/C14H17NO4/c1-8(11-7-13(16)15-14(11)17)10-6-9(18-2)4-5-12(10)19-3/h4-6,8,11H,7H2,1-3H3,(H,15,16,17). The van der Waals surface area contributed by atoms with Crippen LogP contribution >= 0.6 is 0 Å². The van der Waals surface area contributed by atoms with Crippen LogP contribution in [-0.4, -0.2) is 26.0 Å². The summed E-state index contributed by atoms with van der Waals surface area (Å²) >= 11 is 0. The number of imide groups is 1. The molecule has 2 atom stereocenters. The van der Waals surface area contributed by atoms with Crippen molar-refractivity contribution in [1.29, 1.82) is 0 Å². The van der Waals surface area contributed by atoms with Gasteiger partial charge in [-0.2, -0.15) is 0 Å². The first-order valence-corrected chi connectivity index (χ1v) is 6.12. The van der Waals surface area contributed by atoms with E-state index in [9.17, 15) is 9.59 Å². The van der Waals surface area contributed by atoms with Crippen LogP contribution in [0.1, 0.15) is 24.8 Å². The number of hydrogen-bond acceptors (Lipinski definition) is 4. The summed E-state index contributed by atoms with van der Waals surface area (Å²) in [5.41, 5.74) is 0.872. The summed E-state index contributed by atoms with van der Waals surface area (Å²) in [6.07, 6.45) is 0.223. The van der Waals surface area contributed by atoms with Crippen molar-refractivity contribution in [1.82, 2.24) is 5.32 Å². The summed E-state index contributed by atoms with van der Waals surface area (Å²) < 4.78 is 10.5. The highest BCUT2D eigenvalue weighted by molar-refractivity contribution is 6.03. The van der Waals surface area contributed by atoms with Crippen molar-refractivity contribution in [2.24, 2.45) is 5.92 Å². The molecule has 1 saturated heterocycles. The fourth-order valence-corrected chi connectivity index (χ4v) is 2.39. The molecule has 2 unspecified atom stereocenters. The van der Waals surface area contributed by atoms with Crippen molar-refractivity contribution in [3.63, 3.8) is 0 Å². The molecule has 5 heteroatoms. The Balaban J connectivity index is 2.34. The number of nitrogens with one attached hydrogen (secondary N) is 1. The van der Waals surface area contributed by atoms with Crippen molar-refractivity contribution in [2.45, 2.75) is 19.3 Å². The first kappa shape index (κ1) is 13.4. The average Bonchev–Trinajstić information content (AvgIpc) is 2.76. The van der Waals surface area contributed by atoms with E-state index in [2.05, 4.69) is 5.32 Å². The minimum Gasteiger partial charge on any atom is -0.497 e. The Bertz CT molecular complexity index is 512. The molecule has 102 valence electrons. The van der Waals surface area contributed by atoms with Crippen LogP contribution in [0.2, 0.25) is 0 Å². The van der Waals surface area contributed by atoms with Gasteiger partial charge < -0.3 is 9.47 Å². The molecular weight excluding hydrogens is 246 g/mol. The molecule has 1 aromatic rings. The molecule has 1 aliphatic rings. The van der Waals surface area contributed by atoms with E-state index in [1.165, 1.54) is 0 Å². The molecule has 2 amide bonds. The summed E-state index contributed by atoms with van der Waals surface area (Å²) in [4.78, 5) is 23.0. The molecule has 0 aromatic heterocycles. The van der Waals surface area contributed by atoms with Gasteiger partial charge in [0, 0.05) is 12.0 Å². The van der Waals surface area contributed by atoms with Gasteiger partial charge in [0.1, 0.15) is 11.5 Å². The van der Waals surface area contributed by atoms with Crippen LogP contribution in [0, 0.1) is 5.92 Å². The minimum absolute atomic E-state index is 0.114. The Morgan fingerprint density at radius 2 is 2.00 bits per heavy atom. The van der Waals surface area contributed by atoms with Gasteiger partial charge in [0.2, 0.25) is 11.8 Å². The number of carbonyl (C=O) groups is 2. The molecule has 0 spiro atoms. The largest absolute Gasteiger partial charge is 0.497 e. The first-order valence-electron chi connectivity index (χ1n) is 6.12. The summed E-state index contributed by atoms with van der Waals surface area (Å²) in [5, 5.41) is 2.33. The summed E-state index contributed by atoms with van der Waals surface area (Å²) in [5.74, 6) is 0.490. The number of ether oxygens (including phenoxy) is 2. The van der Waals surface area contributed by atoms with Crippen molar-refractivity contribution in [3.8, 4) is 11.5 Å². The SMILES string of the molecule is COc1ccc(OC)c(C(C)C2CC(=O)NC2=O)c1. The van der Waals surface area contributed by atoms with Crippen LogP contribution in [0.3, 0.4) is 0 Å². The predicted octanol–water partition coefficient (Wildman–Crippen LogP) is 1.47. The highest BCUT2D eigenvalue weighted by Crippen LogP contribution is 2.37. The predicted molar refractivity (Wildman–Crippen MR) is 69.2 cm³/mol. The molecule has 1 fully saturated rings. The van der Waals surface area contributed by atoms with Gasteiger partial charge in [0.15, 0.2) is 0 Å². The highest BCUT2D eigenvalue weighted by Gasteiger charge is 2.36. The normalized spacial score (nSPS) is 20.1. The average molecular weight is 263 g/mol. The third-order valence-corrected chi connectivity index (χ3v) is 3.54. The van der Waals surface area contributed by atoms with Crippen LogP contribution in [0.5, 0.6) is 11.5 Å². The number of methoxy groups -OCH3 is 2. The monoisotopic (exact) mass is 263 g/mol. The van der Waals surface area contributed by atoms with Gasteiger partial charge in [-0.3, -0.25) is 14.9 Å². The van der Waals surface area contributed by atoms with Crippen molar-refractivity contribution in [3.05, 3.63) is 23.8 Å². The van der Waals surface area contributed by atoms with Gasteiger partial charge >= 0.3 is 0 Å². The van der Waals surface area contributed by atoms with E-state index in [1.54, 1.807) is 26.4 Å². The van der Waals surface area contributed by atoms with Crippen molar-refractivity contribution < 1.29 is 19.1 Å². The number of amides is 2. The van der Waals surface area contributed by atoms with Gasteiger partial charge in [-0.1, -0.05) is 6.92 Å². The number of benzene rings is 1. The van der Waals surface area contributed by atoms with Crippen molar-refractivity contribution >= 4 is 11.8 Å². The lowest BCUT2D eigenvalue weighted by atomic mass is 9.86. The Morgan fingerprint density at radius 1 is 1.26 bits per heavy atom. The molecule has 19 heavy (non-hydrogen) atoms. The Morgan fingerprint density at radius 3 is 2.53 bits per heavy atom. The van der Waals surface area contributed by atoms with Gasteiger partial charge in [-0.05, 0) is 24.1 Å². The maximum Gasteiger partial charge on any atom is 0.230 e. The Hall–Kier alpha value is -2.04. The Labute approximate surface area is 111 Å². The summed E-state index contributed by atoms with van der Waals surface area (Å²) in [7, 11) is 3.17. The zero-order valence-corrected chi connectivity index (χ0v) is 11.2. The number of rotatable bonds is 4. The van der Waals surface area contributed by atoms with Crippen LogP contribution in [0.25, 0.3) is 0 Å². The molecule has 1 N–H and O–H groups in total. The molecule has 5 nitrogen and oxygen atoms in total. The van der Waals surface area contributed by atoms with E-state index in [4.69, 9.17) is 9.47 Å². The number of carbonyl (C=O) groups excluding carboxylic acids is 2. The van der Waals surface area contributed by atoms with E-state index in [0.717, 1.165) is 5.56 Å². The third-order valence-electron chi connectivity index (χ3n) is 3.54. The van der Waals surface area contributed by atoms with Gasteiger partial charge in [0.25, 0.3) is 0 Å². The van der Waals surface area contributed by atoms with Crippen LogP contribution in [0.15, 0.2) is 18.2 Å². The minimum atomic E-state index is -0.353. The fourth-order valence-electron chi connectivity index (χ4n) is 2.39. The maximum absolute atomic E-state index is 11.7.